The molecular weight excluding hydrogens is 333 g/mol. The van der Waals surface area contributed by atoms with Crippen molar-refractivity contribution in [2.24, 2.45) is 5.92 Å². The fourth-order valence-corrected chi connectivity index (χ4v) is 4.62. The summed E-state index contributed by atoms with van der Waals surface area (Å²) >= 11 is 0. The minimum atomic E-state index is -0.182. The smallest absolute Gasteiger partial charge is 0.231 e. The third-order valence-corrected chi connectivity index (χ3v) is 5.93. The van der Waals surface area contributed by atoms with Crippen LogP contribution in [0.1, 0.15) is 30.7 Å². The van der Waals surface area contributed by atoms with Crippen molar-refractivity contribution in [3.8, 4) is 17.2 Å². The standard InChI is InChI=1S/C21H22FNO3/c22-14-3-1-13(2-4-14)17-9-15-5-7-19(23-15)18(17)11-24-16-6-8-20-21(10-16)26-12-25-20/h1-4,6,8,10,15,17-19,23H,5,7,9,11-12H2/t15-,17+,18-,19+/m0/s1. The van der Waals surface area contributed by atoms with Gasteiger partial charge in [-0.05, 0) is 55.0 Å². The van der Waals surface area contributed by atoms with Crippen LogP contribution in [0, 0.1) is 11.7 Å². The van der Waals surface area contributed by atoms with Crippen LogP contribution < -0.4 is 19.5 Å². The molecule has 0 radical (unpaired) electrons. The Bertz CT molecular complexity index is 794. The Balaban J connectivity index is 1.35. The normalized spacial score (nSPS) is 29.0. The minimum absolute atomic E-state index is 0.182. The Morgan fingerprint density at radius 2 is 1.88 bits per heavy atom. The van der Waals surface area contributed by atoms with Crippen LogP contribution in [0.2, 0.25) is 0 Å². The second kappa shape index (κ2) is 6.47. The minimum Gasteiger partial charge on any atom is -0.493 e. The van der Waals surface area contributed by atoms with E-state index in [1.54, 1.807) is 12.1 Å². The van der Waals surface area contributed by atoms with Crippen LogP contribution in [0.5, 0.6) is 17.2 Å². The fraction of sp³-hybridized carbons (Fsp3) is 0.429. The largest absolute Gasteiger partial charge is 0.493 e. The first-order chi connectivity index (χ1) is 12.8. The maximum absolute atomic E-state index is 13.3. The molecule has 0 aliphatic carbocycles. The van der Waals surface area contributed by atoms with Gasteiger partial charge in [0.1, 0.15) is 11.6 Å². The number of ether oxygens (including phenoxy) is 3. The summed E-state index contributed by atoms with van der Waals surface area (Å²) in [4.78, 5) is 0. The molecular formula is C21H22FNO3. The van der Waals surface area contributed by atoms with Gasteiger partial charge in [0.15, 0.2) is 11.5 Å². The van der Waals surface area contributed by atoms with E-state index in [1.807, 2.05) is 30.3 Å². The number of hydrogen-bond donors (Lipinski definition) is 1. The van der Waals surface area contributed by atoms with Crippen LogP contribution in [0.4, 0.5) is 4.39 Å². The van der Waals surface area contributed by atoms with Crippen LogP contribution in [0.3, 0.4) is 0 Å². The number of fused-ring (bicyclic) bond motifs is 3. The zero-order valence-electron chi connectivity index (χ0n) is 14.5. The first kappa shape index (κ1) is 15.9. The highest BCUT2D eigenvalue weighted by molar-refractivity contribution is 5.46. The fourth-order valence-electron chi connectivity index (χ4n) is 4.62. The topological polar surface area (TPSA) is 39.7 Å². The average Bonchev–Trinajstić information content (AvgIpc) is 3.28. The van der Waals surface area contributed by atoms with Crippen LogP contribution in [0.25, 0.3) is 0 Å². The van der Waals surface area contributed by atoms with Crippen molar-refractivity contribution in [3.05, 3.63) is 53.8 Å². The number of benzene rings is 2. The van der Waals surface area contributed by atoms with Crippen LogP contribution in [-0.4, -0.2) is 25.5 Å². The molecule has 26 heavy (non-hydrogen) atoms. The number of rotatable bonds is 4. The first-order valence-electron chi connectivity index (χ1n) is 9.30. The third-order valence-electron chi connectivity index (χ3n) is 5.93. The summed E-state index contributed by atoms with van der Waals surface area (Å²) in [6.45, 7) is 0.896. The lowest BCUT2D eigenvalue weighted by molar-refractivity contribution is 0.158. The Hall–Kier alpha value is -2.27. The van der Waals surface area contributed by atoms with Crippen molar-refractivity contribution in [2.45, 2.75) is 37.3 Å². The molecule has 1 N–H and O–H groups in total. The quantitative estimate of drug-likeness (QED) is 0.904. The monoisotopic (exact) mass is 355 g/mol. The Morgan fingerprint density at radius 1 is 1.04 bits per heavy atom. The molecule has 2 aromatic carbocycles. The highest BCUT2D eigenvalue weighted by Crippen LogP contribution is 2.42. The summed E-state index contributed by atoms with van der Waals surface area (Å²) in [7, 11) is 0. The van der Waals surface area contributed by atoms with Crippen molar-refractivity contribution in [3.63, 3.8) is 0 Å². The second-order valence-electron chi connectivity index (χ2n) is 7.43. The van der Waals surface area contributed by atoms with E-state index in [0.29, 0.717) is 30.5 Å². The number of hydrogen-bond acceptors (Lipinski definition) is 4. The van der Waals surface area contributed by atoms with Gasteiger partial charge in [0.05, 0.1) is 6.61 Å². The summed E-state index contributed by atoms with van der Waals surface area (Å²) in [5.41, 5.74) is 1.21. The maximum atomic E-state index is 13.3. The van der Waals surface area contributed by atoms with E-state index < -0.39 is 0 Å². The molecule has 0 spiro atoms. The summed E-state index contributed by atoms with van der Waals surface area (Å²) in [6, 6.07) is 13.7. The van der Waals surface area contributed by atoms with Crippen molar-refractivity contribution < 1.29 is 18.6 Å². The molecule has 3 aliphatic heterocycles. The van der Waals surface area contributed by atoms with Crippen molar-refractivity contribution in [1.29, 1.82) is 0 Å². The molecule has 5 heteroatoms. The van der Waals surface area contributed by atoms with E-state index >= 15 is 0 Å². The molecule has 5 rings (SSSR count). The van der Waals surface area contributed by atoms with Gasteiger partial charge < -0.3 is 19.5 Å². The van der Waals surface area contributed by atoms with Gasteiger partial charge in [-0.2, -0.15) is 0 Å². The van der Waals surface area contributed by atoms with Gasteiger partial charge in [-0.1, -0.05) is 12.1 Å². The Kier molecular flexibility index (Phi) is 3.97. The average molecular weight is 355 g/mol. The van der Waals surface area contributed by atoms with Gasteiger partial charge in [-0.25, -0.2) is 4.39 Å². The van der Waals surface area contributed by atoms with E-state index in [-0.39, 0.29) is 12.6 Å². The van der Waals surface area contributed by atoms with Gasteiger partial charge in [-0.15, -0.1) is 0 Å². The molecule has 0 amide bonds. The van der Waals surface area contributed by atoms with Gasteiger partial charge in [0, 0.05) is 24.1 Å². The van der Waals surface area contributed by atoms with Gasteiger partial charge in [0.2, 0.25) is 6.79 Å². The zero-order valence-corrected chi connectivity index (χ0v) is 14.5. The maximum Gasteiger partial charge on any atom is 0.231 e. The predicted octanol–water partition coefficient (Wildman–Crippen LogP) is 3.86. The third kappa shape index (κ3) is 2.90. The molecule has 2 saturated heterocycles. The Labute approximate surface area is 152 Å². The second-order valence-corrected chi connectivity index (χ2v) is 7.43. The summed E-state index contributed by atoms with van der Waals surface area (Å²) < 4.78 is 30.3. The lowest BCUT2D eigenvalue weighted by Gasteiger charge is -2.38. The Morgan fingerprint density at radius 3 is 2.77 bits per heavy atom. The van der Waals surface area contributed by atoms with E-state index in [0.717, 1.165) is 23.7 Å². The highest BCUT2D eigenvalue weighted by Gasteiger charge is 2.42. The van der Waals surface area contributed by atoms with Gasteiger partial charge in [-0.3, -0.25) is 0 Å². The van der Waals surface area contributed by atoms with Crippen LogP contribution >= 0.6 is 0 Å². The molecule has 4 atom stereocenters. The number of piperidine rings is 1. The van der Waals surface area contributed by atoms with Crippen molar-refractivity contribution in [2.75, 3.05) is 13.4 Å². The highest BCUT2D eigenvalue weighted by atomic mass is 19.1. The van der Waals surface area contributed by atoms with E-state index in [9.17, 15) is 4.39 Å². The lowest BCUT2D eigenvalue weighted by atomic mass is 9.77. The molecule has 0 unspecified atom stereocenters. The zero-order chi connectivity index (χ0) is 17.5. The van der Waals surface area contributed by atoms with E-state index in [2.05, 4.69) is 5.32 Å². The van der Waals surface area contributed by atoms with E-state index in [1.165, 1.54) is 18.4 Å². The van der Waals surface area contributed by atoms with Gasteiger partial charge in [0.25, 0.3) is 0 Å². The van der Waals surface area contributed by atoms with Crippen LogP contribution in [0.15, 0.2) is 42.5 Å². The predicted molar refractivity (Wildman–Crippen MR) is 95.3 cm³/mol. The van der Waals surface area contributed by atoms with Gasteiger partial charge >= 0.3 is 0 Å². The molecule has 4 nitrogen and oxygen atoms in total. The first-order valence-corrected chi connectivity index (χ1v) is 9.30. The molecule has 0 aromatic heterocycles. The lowest BCUT2D eigenvalue weighted by Crippen LogP contribution is -2.46. The number of halogens is 1. The summed E-state index contributed by atoms with van der Waals surface area (Å²) in [5.74, 6) is 2.87. The summed E-state index contributed by atoms with van der Waals surface area (Å²) in [5, 5.41) is 3.73. The molecule has 2 aromatic rings. The van der Waals surface area contributed by atoms with Crippen LogP contribution in [-0.2, 0) is 0 Å². The molecule has 136 valence electrons. The molecule has 3 heterocycles. The molecule has 0 saturated carbocycles. The SMILES string of the molecule is Fc1ccc([C@H]2C[C@@H]3CC[C@@H](N3)[C@H]2COc2ccc3c(c2)OCO3)cc1. The van der Waals surface area contributed by atoms with E-state index in [4.69, 9.17) is 14.2 Å². The molecule has 2 bridgehead atoms. The summed E-state index contributed by atoms with van der Waals surface area (Å²) in [6.07, 6.45) is 3.47. The van der Waals surface area contributed by atoms with Crippen molar-refractivity contribution in [1.82, 2.24) is 5.32 Å². The number of nitrogens with one attached hydrogen (secondary N) is 1. The molecule has 3 aliphatic rings. The molecule has 2 fully saturated rings. The van der Waals surface area contributed by atoms with Crippen molar-refractivity contribution >= 4 is 0 Å².